The molecule has 0 saturated carbocycles. The summed E-state index contributed by atoms with van der Waals surface area (Å²) < 4.78 is 19.1. The molecule has 1 N–H and O–H groups in total. The Morgan fingerprint density at radius 3 is 2.92 bits per heavy atom. The summed E-state index contributed by atoms with van der Waals surface area (Å²) in [7, 11) is 0. The zero-order valence-corrected chi connectivity index (χ0v) is 15.4. The molecule has 1 amide bonds. The van der Waals surface area contributed by atoms with Gasteiger partial charge in [0.25, 0.3) is 0 Å². The summed E-state index contributed by atoms with van der Waals surface area (Å²) in [6.07, 6.45) is 2.63. The smallest absolute Gasteiger partial charge is 0.223 e. The van der Waals surface area contributed by atoms with E-state index in [0.717, 1.165) is 31.5 Å². The third-order valence-electron chi connectivity index (χ3n) is 5.42. The molecule has 6 heteroatoms. The van der Waals surface area contributed by atoms with Crippen molar-refractivity contribution in [3.63, 3.8) is 0 Å². The molecule has 0 radical (unpaired) electrons. The molecule has 2 aliphatic rings. The van der Waals surface area contributed by atoms with Crippen molar-refractivity contribution in [2.75, 3.05) is 32.8 Å². The summed E-state index contributed by atoms with van der Waals surface area (Å²) in [6, 6.07) is 4.62. The molecule has 2 fully saturated rings. The van der Waals surface area contributed by atoms with Gasteiger partial charge in [-0.05, 0) is 55.5 Å². The van der Waals surface area contributed by atoms with E-state index in [0.29, 0.717) is 38.0 Å². The summed E-state index contributed by atoms with van der Waals surface area (Å²) in [5, 5.41) is 3.46. The molecule has 0 spiro atoms. The minimum atomic E-state index is -0.440. The Hall–Kier alpha value is -1.17. The first-order chi connectivity index (χ1) is 12.0. The Labute approximate surface area is 153 Å². The average molecular weight is 369 g/mol. The molecule has 0 aromatic heterocycles. The average Bonchev–Trinajstić information content (AvgIpc) is 2.64. The number of carbonyl (C=O) groups is 1. The molecule has 4 nitrogen and oxygen atoms in total. The number of carbonyl (C=O) groups excluding carboxylic acids is 1. The van der Waals surface area contributed by atoms with Gasteiger partial charge in [-0.15, -0.1) is 0 Å². The van der Waals surface area contributed by atoms with Gasteiger partial charge < -0.3 is 15.0 Å². The molecule has 25 heavy (non-hydrogen) atoms. The van der Waals surface area contributed by atoms with Gasteiger partial charge in [-0.25, -0.2) is 4.39 Å². The highest BCUT2D eigenvalue weighted by atomic mass is 35.5. The first-order valence-electron chi connectivity index (χ1n) is 9.09. The van der Waals surface area contributed by atoms with Gasteiger partial charge in [0.05, 0.1) is 18.2 Å². The van der Waals surface area contributed by atoms with Gasteiger partial charge in [0, 0.05) is 13.0 Å². The molecule has 2 atom stereocenters. The summed E-state index contributed by atoms with van der Waals surface area (Å²) in [5.74, 6) is 0.770. The van der Waals surface area contributed by atoms with Crippen LogP contribution in [0.2, 0.25) is 5.02 Å². The first-order valence-corrected chi connectivity index (χ1v) is 9.47. The lowest BCUT2D eigenvalue weighted by atomic mass is 9.84. The lowest BCUT2D eigenvalue weighted by Crippen LogP contribution is -2.43. The molecule has 3 rings (SSSR count). The monoisotopic (exact) mass is 368 g/mol. The Morgan fingerprint density at radius 1 is 1.44 bits per heavy atom. The number of hydrogen-bond donors (Lipinski definition) is 1. The Bertz CT molecular complexity index is 607. The van der Waals surface area contributed by atoms with Crippen molar-refractivity contribution in [3.8, 4) is 0 Å². The van der Waals surface area contributed by atoms with E-state index in [-0.39, 0.29) is 17.0 Å². The van der Waals surface area contributed by atoms with Gasteiger partial charge in [0.15, 0.2) is 0 Å². The second kappa shape index (κ2) is 8.47. The van der Waals surface area contributed by atoms with Crippen LogP contribution in [0.1, 0.15) is 37.9 Å². The number of nitrogens with zero attached hydrogens (tertiary/aromatic N) is 1. The van der Waals surface area contributed by atoms with Gasteiger partial charge in [-0.3, -0.25) is 4.79 Å². The van der Waals surface area contributed by atoms with E-state index in [4.69, 9.17) is 16.3 Å². The van der Waals surface area contributed by atoms with Crippen molar-refractivity contribution in [3.05, 3.63) is 34.6 Å². The first kappa shape index (κ1) is 18.6. The standard InChI is InChI=1S/C19H26ClFN2O2/c1-13(14-4-6-22-7-5-14)10-19(24)23-8-9-25-18(12-23)15-2-3-17(21)16(20)11-15/h2-3,11,13-14,18,22H,4-10,12H2,1H3. The van der Waals surface area contributed by atoms with E-state index >= 15 is 0 Å². The third-order valence-corrected chi connectivity index (χ3v) is 5.71. The molecule has 138 valence electrons. The quantitative estimate of drug-likeness (QED) is 0.885. The number of rotatable bonds is 4. The summed E-state index contributed by atoms with van der Waals surface area (Å²) in [6.45, 7) is 5.89. The highest BCUT2D eigenvalue weighted by Crippen LogP contribution is 2.28. The van der Waals surface area contributed by atoms with Crippen LogP contribution in [0, 0.1) is 17.7 Å². The molecule has 1 aromatic carbocycles. The summed E-state index contributed by atoms with van der Waals surface area (Å²) in [4.78, 5) is 14.6. The molecule has 1 aromatic rings. The topological polar surface area (TPSA) is 41.6 Å². The van der Waals surface area contributed by atoms with Crippen LogP contribution < -0.4 is 5.32 Å². The molecule has 0 aliphatic carbocycles. The number of amides is 1. The maximum absolute atomic E-state index is 13.3. The van der Waals surface area contributed by atoms with E-state index < -0.39 is 5.82 Å². The van der Waals surface area contributed by atoms with Crippen LogP contribution >= 0.6 is 11.6 Å². The minimum Gasteiger partial charge on any atom is -0.370 e. The van der Waals surface area contributed by atoms with Crippen molar-refractivity contribution in [1.29, 1.82) is 0 Å². The largest absolute Gasteiger partial charge is 0.370 e. The number of hydrogen-bond acceptors (Lipinski definition) is 3. The summed E-state index contributed by atoms with van der Waals surface area (Å²) >= 11 is 5.87. The number of halogens is 2. The van der Waals surface area contributed by atoms with Gasteiger partial charge >= 0.3 is 0 Å². The van der Waals surface area contributed by atoms with E-state index in [1.807, 2.05) is 4.90 Å². The van der Waals surface area contributed by atoms with Crippen LogP contribution in [0.5, 0.6) is 0 Å². The fourth-order valence-corrected chi connectivity index (χ4v) is 3.96. The zero-order chi connectivity index (χ0) is 17.8. The van der Waals surface area contributed by atoms with Crippen molar-refractivity contribution in [1.82, 2.24) is 10.2 Å². The Balaban J connectivity index is 1.58. The van der Waals surface area contributed by atoms with E-state index in [1.54, 1.807) is 12.1 Å². The highest BCUT2D eigenvalue weighted by Gasteiger charge is 2.28. The molecule has 2 heterocycles. The van der Waals surface area contributed by atoms with E-state index in [1.165, 1.54) is 6.07 Å². The van der Waals surface area contributed by atoms with Gasteiger partial charge in [-0.1, -0.05) is 24.6 Å². The third kappa shape index (κ3) is 4.72. The van der Waals surface area contributed by atoms with Gasteiger partial charge in [0.1, 0.15) is 11.9 Å². The molecule has 0 bridgehead atoms. The number of nitrogens with one attached hydrogen (secondary N) is 1. The lowest BCUT2D eigenvalue weighted by Gasteiger charge is -2.35. The van der Waals surface area contributed by atoms with E-state index in [9.17, 15) is 9.18 Å². The molecule has 2 saturated heterocycles. The van der Waals surface area contributed by atoms with Crippen molar-refractivity contribution < 1.29 is 13.9 Å². The fraction of sp³-hybridized carbons (Fsp3) is 0.632. The van der Waals surface area contributed by atoms with Crippen LogP contribution in [0.3, 0.4) is 0 Å². The minimum absolute atomic E-state index is 0.0871. The molecule has 2 unspecified atom stereocenters. The zero-order valence-electron chi connectivity index (χ0n) is 14.6. The number of morpholine rings is 1. The highest BCUT2D eigenvalue weighted by molar-refractivity contribution is 6.30. The lowest BCUT2D eigenvalue weighted by molar-refractivity contribution is -0.140. The number of piperidine rings is 1. The normalized spacial score (nSPS) is 23.5. The molecular formula is C19H26ClFN2O2. The van der Waals surface area contributed by atoms with Gasteiger partial charge in [-0.2, -0.15) is 0 Å². The second-order valence-electron chi connectivity index (χ2n) is 7.14. The molecule has 2 aliphatic heterocycles. The maximum atomic E-state index is 13.3. The van der Waals surface area contributed by atoms with Crippen molar-refractivity contribution >= 4 is 17.5 Å². The predicted molar refractivity (Wildman–Crippen MR) is 96.1 cm³/mol. The van der Waals surface area contributed by atoms with Crippen molar-refractivity contribution in [2.45, 2.75) is 32.3 Å². The summed E-state index contributed by atoms with van der Waals surface area (Å²) in [5.41, 5.74) is 0.815. The Kier molecular flexibility index (Phi) is 6.31. The van der Waals surface area contributed by atoms with Crippen LogP contribution in [0.4, 0.5) is 4.39 Å². The van der Waals surface area contributed by atoms with E-state index in [2.05, 4.69) is 12.2 Å². The number of benzene rings is 1. The number of ether oxygens (including phenoxy) is 1. The maximum Gasteiger partial charge on any atom is 0.223 e. The second-order valence-corrected chi connectivity index (χ2v) is 7.55. The predicted octanol–water partition coefficient (Wildman–Crippen LogP) is 3.40. The van der Waals surface area contributed by atoms with Crippen LogP contribution in [-0.4, -0.2) is 43.6 Å². The Morgan fingerprint density at radius 2 is 2.20 bits per heavy atom. The SMILES string of the molecule is CC(CC(=O)N1CCOC(c2ccc(F)c(Cl)c2)C1)C1CCNCC1. The fourth-order valence-electron chi connectivity index (χ4n) is 3.77. The van der Waals surface area contributed by atoms with Crippen LogP contribution in [0.15, 0.2) is 18.2 Å². The van der Waals surface area contributed by atoms with Crippen LogP contribution in [0.25, 0.3) is 0 Å². The molecular weight excluding hydrogens is 343 g/mol. The van der Waals surface area contributed by atoms with Crippen LogP contribution in [-0.2, 0) is 9.53 Å². The van der Waals surface area contributed by atoms with Gasteiger partial charge in [0.2, 0.25) is 5.91 Å². The van der Waals surface area contributed by atoms with Crippen molar-refractivity contribution in [2.24, 2.45) is 11.8 Å².